The predicted molar refractivity (Wildman–Crippen MR) is 87.0 cm³/mol. The average molecular weight is 375 g/mol. The Morgan fingerprint density at radius 1 is 1.35 bits per heavy atom. The normalized spacial score (nSPS) is 18.6. The molecule has 1 amide bonds. The number of carbonyl (C=O) groups is 1. The van der Waals surface area contributed by atoms with E-state index in [1.807, 2.05) is 6.07 Å². The number of anilines is 1. The molecule has 9 heteroatoms. The van der Waals surface area contributed by atoms with Crippen LogP contribution < -0.4 is 4.90 Å². The average Bonchev–Trinajstić information content (AvgIpc) is 3.04. The molecule has 0 saturated carbocycles. The first kappa shape index (κ1) is 16.3. The van der Waals surface area contributed by atoms with Gasteiger partial charge >= 0.3 is 0 Å². The van der Waals surface area contributed by atoms with E-state index in [0.29, 0.717) is 16.3 Å². The number of aromatic nitrogens is 1. The molecular weight excluding hydrogens is 363 g/mol. The molecule has 2 aromatic rings. The Labute approximate surface area is 142 Å². The zero-order valence-electron chi connectivity index (χ0n) is 11.8. The summed E-state index contributed by atoms with van der Waals surface area (Å²) in [6.07, 6.45) is 0.105. The minimum atomic E-state index is -3.65. The molecule has 1 aliphatic rings. The molecule has 2 heterocycles. The van der Waals surface area contributed by atoms with Gasteiger partial charge in [-0.2, -0.15) is 0 Å². The van der Waals surface area contributed by atoms with E-state index in [2.05, 4.69) is 5.16 Å². The minimum absolute atomic E-state index is 0.105. The molecule has 0 aliphatic carbocycles. The molecule has 122 valence electrons. The van der Waals surface area contributed by atoms with E-state index >= 15 is 0 Å². The van der Waals surface area contributed by atoms with Crippen LogP contribution in [-0.4, -0.2) is 31.8 Å². The number of carbonyl (C=O) groups excluding carboxylic acids is 1. The van der Waals surface area contributed by atoms with Gasteiger partial charge in [0.1, 0.15) is 5.69 Å². The maximum Gasteiger partial charge on any atom is 0.234 e. The van der Waals surface area contributed by atoms with E-state index in [9.17, 15) is 13.2 Å². The number of halogens is 2. The SMILES string of the molecule is O=C1CC(CS(=O)(=O)Cl)CN1c1cc(-c2ccccc2Cl)no1. The fourth-order valence-corrected chi connectivity index (χ4v) is 4.13. The zero-order valence-corrected chi connectivity index (χ0v) is 14.1. The number of nitrogens with zero attached hydrogens (tertiary/aromatic N) is 2. The Morgan fingerprint density at radius 3 is 2.78 bits per heavy atom. The van der Waals surface area contributed by atoms with Gasteiger partial charge in [-0.1, -0.05) is 35.0 Å². The van der Waals surface area contributed by atoms with Crippen LogP contribution in [0.25, 0.3) is 11.3 Å². The molecule has 1 aliphatic heterocycles. The fraction of sp³-hybridized carbons (Fsp3) is 0.286. The topological polar surface area (TPSA) is 80.5 Å². The second-order valence-electron chi connectivity index (χ2n) is 5.31. The molecule has 1 saturated heterocycles. The van der Waals surface area contributed by atoms with Gasteiger partial charge in [-0.15, -0.1) is 0 Å². The summed E-state index contributed by atoms with van der Waals surface area (Å²) in [5, 5.41) is 4.45. The van der Waals surface area contributed by atoms with E-state index in [1.165, 1.54) is 4.90 Å². The van der Waals surface area contributed by atoms with Crippen LogP contribution in [0.4, 0.5) is 5.88 Å². The number of benzene rings is 1. The highest BCUT2D eigenvalue weighted by atomic mass is 35.7. The minimum Gasteiger partial charge on any atom is -0.338 e. The van der Waals surface area contributed by atoms with Gasteiger partial charge in [-0.3, -0.25) is 9.69 Å². The fourth-order valence-electron chi connectivity index (χ4n) is 2.58. The van der Waals surface area contributed by atoms with Crippen molar-refractivity contribution in [3.63, 3.8) is 0 Å². The molecule has 1 aromatic heterocycles. The van der Waals surface area contributed by atoms with Gasteiger partial charge in [-0.25, -0.2) is 8.42 Å². The number of rotatable bonds is 4. The molecule has 6 nitrogen and oxygen atoms in total. The van der Waals surface area contributed by atoms with E-state index in [-0.39, 0.29) is 36.4 Å². The van der Waals surface area contributed by atoms with Crippen molar-refractivity contribution < 1.29 is 17.7 Å². The molecule has 1 aromatic carbocycles. The number of hydrogen-bond acceptors (Lipinski definition) is 5. The van der Waals surface area contributed by atoms with Gasteiger partial charge in [0.25, 0.3) is 0 Å². The molecule has 3 rings (SSSR count). The summed E-state index contributed by atoms with van der Waals surface area (Å²) in [5.41, 5.74) is 1.20. The Hall–Kier alpha value is -1.57. The van der Waals surface area contributed by atoms with Gasteiger partial charge in [-0.05, 0) is 6.07 Å². The summed E-state index contributed by atoms with van der Waals surface area (Å²) in [7, 11) is 1.60. The molecule has 1 atom stereocenters. The summed E-state index contributed by atoms with van der Waals surface area (Å²) in [6, 6.07) is 8.74. The highest BCUT2D eigenvalue weighted by Crippen LogP contribution is 2.32. The van der Waals surface area contributed by atoms with Crippen molar-refractivity contribution in [2.24, 2.45) is 5.92 Å². The van der Waals surface area contributed by atoms with Crippen LogP contribution in [0.15, 0.2) is 34.9 Å². The van der Waals surface area contributed by atoms with Gasteiger partial charge in [0.2, 0.25) is 20.8 Å². The first-order valence-corrected chi connectivity index (χ1v) is 9.63. The van der Waals surface area contributed by atoms with Crippen LogP contribution >= 0.6 is 22.3 Å². The molecule has 1 fully saturated rings. The number of amides is 1. The number of hydrogen-bond donors (Lipinski definition) is 0. The highest BCUT2D eigenvalue weighted by Gasteiger charge is 2.35. The summed E-state index contributed by atoms with van der Waals surface area (Å²) in [5.74, 6) is -0.571. The summed E-state index contributed by atoms with van der Waals surface area (Å²) >= 11 is 6.11. The highest BCUT2D eigenvalue weighted by molar-refractivity contribution is 8.13. The van der Waals surface area contributed by atoms with Crippen molar-refractivity contribution in [3.8, 4) is 11.3 Å². The lowest BCUT2D eigenvalue weighted by molar-refractivity contribution is -0.117. The lowest BCUT2D eigenvalue weighted by atomic mass is 10.1. The first-order chi connectivity index (χ1) is 10.8. The van der Waals surface area contributed by atoms with Crippen LogP contribution in [0.2, 0.25) is 5.02 Å². The Balaban J connectivity index is 1.81. The lowest BCUT2D eigenvalue weighted by Crippen LogP contribution is -2.24. The van der Waals surface area contributed by atoms with E-state index < -0.39 is 9.05 Å². The van der Waals surface area contributed by atoms with Crippen molar-refractivity contribution in [2.75, 3.05) is 17.2 Å². The Bertz CT molecular complexity index is 850. The Morgan fingerprint density at radius 2 is 2.09 bits per heavy atom. The van der Waals surface area contributed by atoms with Crippen LogP contribution in [-0.2, 0) is 13.8 Å². The van der Waals surface area contributed by atoms with Crippen LogP contribution in [0.5, 0.6) is 0 Å². The predicted octanol–water partition coefficient (Wildman–Crippen LogP) is 2.92. The van der Waals surface area contributed by atoms with Crippen molar-refractivity contribution in [1.82, 2.24) is 5.16 Å². The van der Waals surface area contributed by atoms with Crippen LogP contribution in [0, 0.1) is 5.92 Å². The maximum absolute atomic E-state index is 12.1. The quantitative estimate of drug-likeness (QED) is 0.768. The third kappa shape index (κ3) is 3.68. The van der Waals surface area contributed by atoms with E-state index in [1.54, 1.807) is 24.3 Å². The second-order valence-corrected chi connectivity index (χ2v) is 8.54. The van der Waals surface area contributed by atoms with Gasteiger partial charge < -0.3 is 4.52 Å². The molecule has 0 radical (unpaired) electrons. The van der Waals surface area contributed by atoms with E-state index in [4.69, 9.17) is 26.8 Å². The molecular formula is C14H12Cl2N2O4S. The summed E-state index contributed by atoms with van der Waals surface area (Å²) < 4.78 is 27.5. The third-order valence-corrected chi connectivity index (χ3v) is 5.13. The zero-order chi connectivity index (χ0) is 16.6. The van der Waals surface area contributed by atoms with Crippen molar-refractivity contribution in [2.45, 2.75) is 6.42 Å². The summed E-state index contributed by atoms with van der Waals surface area (Å²) in [4.78, 5) is 13.4. The second kappa shape index (κ2) is 6.14. The largest absolute Gasteiger partial charge is 0.338 e. The standard InChI is InChI=1S/C14H12Cl2N2O4S/c15-11-4-2-1-3-10(11)12-6-14(22-17-12)18-7-9(5-13(18)19)8-23(16,20)21/h1-4,6,9H,5,7-8H2. The monoisotopic (exact) mass is 374 g/mol. The van der Waals surface area contributed by atoms with Gasteiger partial charge in [0.05, 0.1) is 10.8 Å². The van der Waals surface area contributed by atoms with Crippen molar-refractivity contribution in [3.05, 3.63) is 35.4 Å². The van der Waals surface area contributed by atoms with Crippen LogP contribution in [0.1, 0.15) is 6.42 Å². The van der Waals surface area contributed by atoms with Crippen LogP contribution in [0.3, 0.4) is 0 Å². The lowest BCUT2D eigenvalue weighted by Gasteiger charge is -2.11. The third-order valence-electron chi connectivity index (χ3n) is 3.55. The smallest absolute Gasteiger partial charge is 0.234 e. The van der Waals surface area contributed by atoms with Crippen molar-refractivity contribution >= 4 is 43.1 Å². The first-order valence-electron chi connectivity index (χ1n) is 6.78. The maximum atomic E-state index is 12.1. The molecule has 1 unspecified atom stereocenters. The van der Waals surface area contributed by atoms with Crippen molar-refractivity contribution in [1.29, 1.82) is 0 Å². The van der Waals surface area contributed by atoms with Gasteiger partial charge in [0.15, 0.2) is 0 Å². The summed E-state index contributed by atoms with van der Waals surface area (Å²) in [6.45, 7) is 0.224. The van der Waals surface area contributed by atoms with Gasteiger partial charge in [0, 0.05) is 41.2 Å². The molecule has 0 bridgehead atoms. The molecule has 23 heavy (non-hydrogen) atoms. The molecule has 0 N–H and O–H groups in total. The van der Waals surface area contributed by atoms with E-state index in [0.717, 1.165) is 0 Å². The Kier molecular flexibility index (Phi) is 4.35. The molecule has 0 spiro atoms.